The number of carbonyl (C=O) groups is 1. The number of pyridine rings is 1. The molecule has 1 aliphatic heterocycles. The van der Waals surface area contributed by atoms with Crippen LogP contribution in [0.4, 0.5) is 5.69 Å². The van der Waals surface area contributed by atoms with Gasteiger partial charge in [0.05, 0.1) is 5.69 Å². The zero-order valence-corrected chi connectivity index (χ0v) is 16.8. The van der Waals surface area contributed by atoms with Crippen molar-refractivity contribution in [2.45, 2.75) is 38.0 Å². The van der Waals surface area contributed by atoms with Gasteiger partial charge in [-0.2, -0.15) is 0 Å². The monoisotopic (exact) mass is 385 g/mol. The molecule has 2 aromatic rings. The summed E-state index contributed by atoms with van der Waals surface area (Å²) in [6.07, 6.45) is 10.1. The molecular formula is C25H27N3O. The van der Waals surface area contributed by atoms with Gasteiger partial charge in [-0.1, -0.05) is 24.3 Å². The number of benzene rings is 1. The van der Waals surface area contributed by atoms with Gasteiger partial charge in [0.15, 0.2) is 0 Å². The molecule has 3 aliphatic carbocycles. The molecule has 0 unspecified atom stereocenters. The molecule has 4 aliphatic rings. The molecule has 0 atom stereocenters. The second kappa shape index (κ2) is 6.72. The van der Waals surface area contributed by atoms with E-state index in [4.69, 9.17) is 0 Å². The summed E-state index contributed by atoms with van der Waals surface area (Å²) < 4.78 is 0. The Labute approximate surface area is 172 Å². The highest BCUT2D eigenvalue weighted by molar-refractivity contribution is 5.92. The maximum atomic E-state index is 12.3. The van der Waals surface area contributed by atoms with Crippen molar-refractivity contribution in [3.05, 3.63) is 58.9 Å². The molecule has 29 heavy (non-hydrogen) atoms. The van der Waals surface area contributed by atoms with Gasteiger partial charge in [0.2, 0.25) is 5.91 Å². The lowest BCUT2D eigenvalue weighted by Gasteiger charge is -2.37. The molecule has 148 valence electrons. The van der Waals surface area contributed by atoms with E-state index in [2.05, 4.69) is 51.2 Å². The van der Waals surface area contributed by atoms with Crippen molar-refractivity contribution in [2.75, 3.05) is 31.1 Å². The van der Waals surface area contributed by atoms with E-state index in [1.54, 1.807) is 0 Å². The van der Waals surface area contributed by atoms with Gasteiger partial charge in [-0.25, -0.2) is 0 Å². The number of carbonyl (C=O) groups excluding carboxylic acids is 1. The summed E-state index contributed by atoms with van der Waals surface area (Å²) in [5.74, 6) is 1.50. The van der Waals surface area contributed by atoms with E-state index in [1.165, 1.54) is 46.5 Å². The number of aromatic nitrogens is 1. The van der Waals surface area contributed by atoms with Crippen LogP contribution >= 0.6 is 0 Å². The number of anilines is 1. The minimum atomic E-state index is 0.323. The van der Waals surface area contributed by atoms with E-state index < -0.39 is 0 Å². The first-order chi connectivity index (χ1) is 14.3. The highest BCUT2D eigenvalue weighted by Crippen LogP contribution is 2.41. The van der Waals surface area contributed by atoms with Gasteiger partial charge in [0, 0.05) is 56.0 Å². The van der Waals surface area contributed by atoms with Gasteiger partial charge >= 0.3 is 0 Å². The number of fused-ring (bicyclic) bond motifs is 1. The van der Waals surface area contributed by atoms with Crippen molar-refractivity contribution in [2.24, 2.45) is 5.92 Å². The summed E-state index contributed by atoms with van der Waals surface area (Å²) in [6.45, 7) is 3.50. The molecule has 6 rings (SSSR count). The molecule has 0 radical (unpaired) electrons. The van der Waals surface area contributed by atoms with Gasteiger partial charge in [-0.05, 0) is 60.4 Å². The number of rotatable bonds is 4. The lowest BCUT2D eigenvalue weighted by atomic mass is 10.0. The molecule has 2 saturated carbocycles. The molecule has 0 bridgehead atoms. The van der Waals surface area contributed by atoms with Crippen LogP contribution in [0.5, 0.6) is 0 Å². The molecular weight excluding hydrogens is 358 g/mol. The van der Waals surface area contributed by atoms with Crippen molar-refractivity contribution >= 4 is 23.2 Å². The number of hydrogen-bond donors (Lipinski definition) is 0. The van der Waals surface area contributed by atoms with Gasteiger partial charge in [0.25, 0.3) is 0 Å². The molecule has 4 nitrogen and oxygen atoms in total. The van der Waals surface area contributed by atoms with E-state index in [1.807, 2.05) is 6.20 Å². The summed E-state index contributed by atoms with van der Waals surface area (Å²) >= 11 is 0. The van der Waals surface area contributed by atoms with Crippen LogP contribution in [0.25, 0.3) is 11.6 Å². The van der Waals surface area contributed by atoms with Crippen LogP contribution in [0.2, 0.25) is 0 Å². The lowest BCUT2D eigenvalue weighted by molar-refractivity contribution is -0.132. The minimum Gasteiger partial charge on any atom is -0.367 e. The highest BCUT2D eigenvalue weighted by Gasteiger charge is 2.35. The number of allylic oxidation sites excluding steroid dienone is 1. The predicted molar refractivity (Wildman–Crippen MR) is 116 cm³/mol. The predicted octanol–water partition coefficient (Wildman–Crippen LogP) is 4.11. The topological polar surface area (TPSA) is 36.4 Å². The Morgan fingerprint density at radius 1 is 0.931 bits per heavy atom. The molecule has 1 aromatic carbocycles. The average molecular weight is 386 g/mol. The van der Waals surface area contributed by atoms with Gasteiger partial charge in [-0.3, -0.25) is 9.78 Å². The second-order valence-corrected chi connectivity index (χ2v) is 9.02. The number of amides is 1. The largest absolute Gasteiger partial charge is 0.367 e. The van der Waals surface area contributed by atoms with Crippen molar-refractivity contribution in [3.8, 4) is 0 Å². The zero-order chi connectivity index (χ0) is 19.4. The van der Waals surface area contributed by atoms with Crippen molar-refractivity contribution in [1.82, 2.24) is 9.88 Å². The Kier molecular flexibility index (Phi) is 4.00. The van der Waals surface area contributed by atoms with Crippen LogP contribution in [0, 0.1) is 5.92 Å². The van der Waals surface area contributed by atoms with Crippen molar-refractivity contribution in [1.29, 1.82) is 0 Å². The maximum absolute atomic E-state index is 12.3. The van der Waals surface area contributed by atoms with Crippen LogP contribution < -0.4 is 4.90 Å². The van der Waals surface area contributed by atoms with E-state index in [9.17, 15) is 4.79 Å². The maximum Gasteiger partial charge on any atom is 0.225 e. The molecule has 1 amide bonds. The number of hydrogen-bond acceptors (Lipinski definition) is 3. The average Bonchev–Trinajstić information content (AvgIpc) is 3.69. The fourth-order valence-electron chi connectivity index (χ4n) is 4.81. The highest BCUT2D eigenvalue weighted by atomic mass is 16.2. The summed E-state index contributed by atoms with van der Waals surface area (Å²) in [7, 11) is 0. The molecule has 1 aromatic heterocycles. The molecule has 4 heteroatoms. The van der Waals surface area contributed by atoms with E-state index >= 15 is 0 Å². The summed E-state index contributed by atoms with van der Waals surface area (Å²) in [4.78, 5) is 21.5. The van der Waals surface area contributed by atoms with Crippen molar-refractivity contribution < 1.29 is 4.79 Å². The smallest absolute Gasteiger partial charge is 0.225 e. The minimum absolute atomic E-state index is 0.323. The first-order valence-electron chi connectivity index (χ1n) is 11.1. The Morgan fingerprint density at radius 2 is 1.69 bits per heavy atom. The number of nitrogens with zero attached hydrogens (tertiary/aromatic N) is 3. The molecule has 2 heterocycles. The third-order valence-corrected chi connectivity index (χ3v) is 6.91. The molecule has 0 spiro atoms. The second-order valence-electron chi connectivity index (χ2n) is 9.02. The zero-order valence-electron chi connectivity index (χ0n) is 16.8. The fourth-order valence-corrected chi connectivity index (χ4v) is 4.81. The summed E-state index contributed by atoms with van der Waals surface area (Å²) in [6, 6.07) is 11.3. The van der Waals surface area contributed by atoms with Crippen molar-refractivity contribution in [3.63, 3.8) is 0 Å². The lowest BCUT2D eigenvalue weighted by Crippen LogP contribution is -2.49. The Balaban J connectivity index is 1.21. The first-order valence-corrected chi connectivity index (χ1v) is 11.1. The third kappa shape index (κ3) is 3.25. The Hall–Kier alpha value is -2.62. The van der Waals surface area contributed by atoms with Gasteiger partial charge < -0.3 is 9.80 Å². The van der Waals surface area contributed by atoms with E-state index in [0.29, 0.717) is 11.8 Å². The van der Waals surface area contributed by atoms with Crippen LogP contribution in [0.15, 0.2) is 36.5 Å². The van der Waals surface area contributed by atoms with Crippen LogP contribution in [-0.4, -0.2) is 42.0 Å². The van der Waals surface area contributed by atoms with E-state index in [-0.39, 0.29) is 0 Å². The van der Waals surface area contributed by atoms with Crippen LogP contribution in [0.1, 0.15) is 54.0 Å². The quantitative estimate of drug-likeness (QED) is 0.795. The Bertz CT molecular complexity index is 978. The normalized spacial score (nSPS) is 21.2. The first kappa shape index (κ1) is 17.3. The number of piperazine rings is 1. The molecule has 0 N–H and O–H groups in total. The van der Waals surface area contributed by atoms with Gasteiger partial charge in [0.1, 0.15) is 0 Å². The fraction of sp³-hybridized carbons (Fsp3) is 0.440. The Morgan fingerprint density at radius 3 is 2.38 bits per heavy atom. The van der Waals surface area contributed by atoms with Gasteiger partial charge in [-0.15, -0.1) is 0 Å². The van der Waals surface area contributed by atoms with E-state index in [0.717, 1.165) is 51.4 Å². The third-order valence-electron chi connectivity index (χ3n) is 6.91. The SMILES string of the molecule is O=C(C1CC1)N1CCN(c2ccnc3c2C=C(c2ccc(C4CC4)cc2)C3)CC1. The summed E-state index contributed by atoms with van der Waals surface area (Å²) in [5.41, 5.74) is 7.90. The van der Waals surface area contributed by atoms with Crippen LogP contribution in [-0.2, 0) is 11.2 Å². The standard InChI is InChI=1S/C25H27N3O/c29-25(20-7-8-20)28-13-11-27(12-14-28)24-9-10-26-23-16-21(15-22(23)24)19-5-3-18(4-6-19)17-1-2-17/h3-6,9-10,15,17,20H,1-2,7-8,11-14,16H2. The molecule has 1 saturated heterocycles. The molecule has 3 fully saturated rings. The summed E-state index contributed by atoms with van der Waals surface area (Å²) in [5, 5.41) is 0. The van der Waals surface area contributed by atoms with Crippen LogP contribution in [0.3, 0.4) is 0 Å².